The number of pyridine rings is 1. The molecule has 5 nitrogen and oxygen atoms in total. The summed E-state index contributed by atoms with van der Waals surface area (Å²) < 4.78 is 7.12. The van der Waals surface area contributed by atoms with Gasteiger partial charge in [-0.3, -0.25) is 0 Å². The average molecular weight is 288 g/mol. The number of piperidine rings is 1. The quantitative estimate of drug-likeness (QED) is 0.866. The number of aromatic nitrogens is 3. The van der Waals surface area contributed by atoms with Crippen LogP contribution in [0.25, 0.3) is 5.65 Å². The van der Waals surface area contributed by atoms with E-state index in [2.05, 4.69) is 28.8 Å². The summed E-state index contributed by atoms with van der Waals surface area (Å²) in [7, 11) is 1.66. The molecule has 3 rings (SSSR count). The molecular weight excluding hydrogens is 264 g/mol. The van der Waals surface area contributed by atoms with E-state index in [0.717, 1.165) is 23.8 Å². The molecule has 2 aromatic heterocycles. The minimum absolute atomic E-state index is 0.656. The fraction of sp³-hybridized carbons (Fsp3) is 0.625. The van der Waals surface area contributed by atoms with Gasteiger partial charge in [0.05, 0.1) is 7.11 Å². The van der Waals surface area contributed by atoms with Crippen LogP contribution < -0.4 is 4.74 Å². The summed E-state index contributed by atoms with van der Waals surface area (Å²) in [5.41, 5.74) is 0.865. The maximum absolute atomic E-state index is 5.32. The molecule has 21 heavy (non-hydrogen) atoms. The van der Waals surface area contributed by atoms with Crippen molar-refractivity contribution in [1.29, 1.82) is 0 Å². The smallest absolute Gasteiger partial charge is 0.216 e. The second-order valence-corrected chi connectivity index (χ2v) is 6.14. The van der Waals surface area contributed by atoms with E-state index in [0.29, 0.717) is 12.0 Å². The van der Waals surface area contributed by atoms with Crippen molar-refractivity contribution in [2.75, 3.05) is 20.2 Å². The van der Waals surface area contributed by atoms with Gasteiger partial charge in [0.2, 0.25) is 5.88 Å². The van der Waals surface area contributed by atoms with Gasteiger partial charge in [0.1, 0.15) is 0 Å². The van der Waals surface area contributed by atoms with E-state index in [1.165, 1.54) is 25.9 Å². The summed E-state index contributed by atoms with van der Waals surface area (Å²) in [6, 6.07) is 6.49. The molecule has 0 bridgehead atoms. The van der Waals surface area contributed by atoms with Crippen LogP contribution in [0.4, 0.5) is 0 Å². The zero-order valence-corrected chi connectivity index (χ0v) is 13.1. The van der Waals surface area contributed by atoms with Gasteiger partial charge in [-0.25, -0.2) is 4.98 Å². The van der Waals surface area contributed by atoms with Crippen molar-refractivity contribution in [3.8, 4) is 5.88 Å². The molecule has 0 saturated carbocycles. The van der Waals surface area contributed by atoms with E-state index in [1.54, 1.807) is 11.6 Å². The van der Waals surface area contributed by atoms with Crippen LogP contribution >= 0.6 is 0 Å². The van der Waals surface area contributed by atoms with Crippen LogP contribution in [-0.4, -0.2) is 45.7 Å². The van der Waals surface area contributed by atoms with Gasteiger partial charge < -0.3 is 9.64 Å². The number of hydrogen-bond acceptors (Lipinski definition) is 4. The van der Waals surface area contributed by atoms with E-state index < -0.39 is 0 Å². The van der Waals surface area contributed by atoms with Crippen molar-refractivity contribution in [1.82, 2.24) is 19.5 Å². The van der Waals surface area contributed by atoms with Crippen molar-refractivity contribution >= 4 is 5.65 Å². The monoisotopic (exact) mass is 288 g/mol. The van der Waals surface area contributed by atoms with Crippen molar-refractivity contribution in [2.45, 2.75) is 39.2 Å². The molecule has 5 heteroatoms. The fourth-order valence-electron chi connectivity index (χ4n) is 3.10. The summed E-state index contributed by atoms with van der Waals surface area (Å²) in [4.78, 5) is 7.18. The van der Waals surface area contributed by atoms with Crippen molar-refractivity contribution in [2.24, 2.45) is 5.92 Å². The van der Waals surface area contributed by atoms with Crippen LogP contribution in [0.15, 0.2) is 18.2 Å². The minimum atomic E-state index is 0.656. The molecule has 1 aliphatic rings. The first-order chi connectivity index (χ1) is 10.2. The highest BCUT2D eigenvalue weighted by atomic mass is 16.5. The van der Waals surface area contributed by atoms with Crippen molar-refractivity contribution in [3.05, 3.63) is 24.0 Å². The first-order valence-corrected chi connectivity index (χ1v) is 7.80. The Balaban J connectivity index is 1.69. The standard InChI is InChI=1S/C16H24N4O/c1-12(2)19-9-7-13(8-10-19)11-14-17-15-5-4-6-16(21-3)20(15)18-14/h4-6,12-13H,7-11H2,1-3H3. The average Bonchev–Trinajstić information content (AvgIpc) is 2.90. The van der Waals surface area contributed by atoms with E-state index in [9.17, 15) is 0 Å². The number of fused-ring (bicyclic) bond motifs is 1. The van der Waals surface area contributed by atoms with Crippen LogP contribution in [0.5, 0.6) is 5.88 Å². The van der Waals surface area contributed by atoms with E-state index in [1.807, 2.05) is 18.2 Å². The molecule has 1 saturated heterocycles. The van der Waals surface area contributed by atoms with E-state index >= 15 is 0 Å². The van der Waals surface area contributed by atoms with Crippen LogP contribution in [0.3, 0.4) is 0 Å². The third kappa shape index (κ3) is 3.02. The summed E-state index contributed by atoms with van der Waals surface area (Å²) >= 11 is 0. The molecule has 0 aromatic carbocycles. The number of likely N-dealkylation sites (tertiary alicyclic amines) is 1. The molecule has 2 aromatic rings. The van der Waals surface area contributed by atoms with Gasteiger partial charge in [-0.15, -0.1) is 5.10 Å². The van der Waals surface area contributed by atoms with Gasteiger partial charge >= 0.3 is 0 Å². The van der Waals surface area contributed by atoms with E-state index in [-0.39, 0.29) is 0 Å². The Labute approximate surface area is 125 Å². The third-order valence-corrected chi connectivity index (χ3v) is 4.43. The Hall–Kier alpha value is -1.62. The van der Waals surface area contributed by atoms with Crippen LogP contribution in [0.1, 0.15) is 32.5 Å². The molecule has 0 aliphatic carbocycles. The van der Waals surface area contributed by atoms with Crippen molar-refractivity contribution in [3.63, 3.8) is 0 Å². The molecule has 114 valence electrons. The molecule has 0 N–H and O–H groups in total. The zero-order valence-electron chi connectivity index (χ0n) is 13.1. The summed E-state index contributed by atoms with van der Waals surface area (Å²) in [5.74, 6) is 2.37. The van der Waals surface area contributed by atoms with Crippen LogP contribution in [0, 0.1) is 5.92 Å². The second kappa shape index (κ2) is 6.02. The topological polar surface area (TPSA) is 42.7 Å². The number of rotatable bonds is 4. The predicted molar refractivity (Wildman–Crippen MR) is 82.7 cm³/mol. The predicted octanol–water partition coefficient (Wildman–Crippen LogP) is 2.40. The van der Waals surface area contributed by atoms with E-state index in [4.69, 9.17) is 4.74 Å². The summed E-state index contributed by atoms with van der Waals surface area (Å²) in [5, 5.41) is 4.60. The van der Waals surface area contributed by atoms with Gasteiger partial charge in [0, 0.05) is 18.5 Å². The first kappa shape index (κ1) is 14.3. The molecule has 0 amide bonds. The number of nitrogens with zero attached hydrogens (tertiary/aromatic N) is 4. The fourth-order valence-corrected chi connectivity index (χ4v) is 3.10. The lowest BCUT2D eigenvalue weighted by molar-refractivity contribution is 0.148. The highest BCUT2D eigenvalue weighted by Gasteiger charge is 2.22. The number of ether oxygens (including phenoxy) is 1. The maximum Gasteiger partial charge on any atom is 0.216 e. The van der Waals surface area contributed by atoms with Crippen LogP contribution in [0.2, 0.25) is 0 Å². The molecule has 1 fully saturated rings. The molecule has 0 radical (unpaired) electrons. The first-order valence-electron chi connectivity index (χ1n) is 7.80. The highest BCUT2D eigenvalue weighted by Crippen LogP contribution is 2.22. The molecular formula is C16H24N4O. The maximum atomic E-state index is 5.32. The summed E-state index contributed by atoms with van der Waals surface area (Å²) in [6.07, 6.45) is 3.45. The minimum Gasteiger partial charge on any atom is -0.481 e. The van der Waals surface area contributed by atoms with Gasteiger partial charge in [0.15, 0.2) is 11.5 Å². The molecule has 3 heterocycles. The molecule has 0 spiro atoms. The second-order valence-electron chi connectivity index (χ2n) is 6.14. The third-order valence-electron chi connectivity index (χ3n) is 4.43. The Morgan fingerprint density at radius 1 is 1.29 bits per heavy atom. The lowest BCUT2D eigenvalue weighted by atomic mass is 9.93. The SMILES string of the molecule is COc1cccc2nc(CC3CCN(C(C)C)CC3)nn12. The Morgan fingerprint density at radius 3 is 2.71 bits per heavy atom. The lowest BCUT2D eigenvalue weighted by Gasteiger charge is -2.34. The lowest BCUT2D eigenvalue weighted by Crippen LogP contribution is -2.38. The number of methoxy groups -OCH3 is 1. The number of hydrogen-bond donors (Lipinski definition) is 0. The van der Waals surface area contributed by atoms with Gasteiger partial charge in [-0.2, -0.15) is 4.52 Å². The molecule has 0 atom stereocenters. The Kier molecular flexibility index (Phi) is 4.10. The largest absolute Gasteiger partial charge is 0.481 e. The van der Waals surface area contributed by atoms with Crippen molar-refractivity contribution < 1.29 is 4.74 Å². The zero-order chi connectivity index (χ0) is 14.8. The molecule has 0 unspecified atom stereocenters. The normalized spacial score (nSPS) is 17.7. The van der Waals surface area contributed by atoms with Gasteiger partial charge in [0.25, 0.3) is 0 Å². The summed E-state index contributed by atoms with van der Waals surface area (Å²) in [6.45, 7) is 6.94. The van der Waals surface area contributed by atoms with Gasteiger partial charge in [-0.1, -0.05) is 6.07 Å². The Morgan fingerprint density at radius 2 is 2.05 bits per heavy atom. The van der Waals surface area contributed by atoms with Gasteiger partial charge in [-0.05, 0) is 51.8 Å². The molecule has 1 aliphatic heterocycles. The van der Waals surface area contributed by atoms with Crippen LogP contribution in [-0.2, 0) is 6.42 Å². The Bertz CT molecular complexity index is 599. The highest BCUT2D eigenvalue weighted by molar-refractivity contribution is 5.40.